The molecule has 1 N–H and O–H groups in total. The number of carbonyl (C=O) groups excluding carboxylic acids is 1. The molecule has 8 nitrogen and oxygen atoms in total. The fourth-order valence-corrected chi connectivity index (χ4v) is 3.61. The monoisotopic (exact) mass is 400 g/mol. The number of piperidine rings is 1. The fourth-order valence-electron chi connectivity index (χ4n) is 2.60. The third-order valence-corrected chi connectivity index (χ3v) is 10.0. The molecule has 0 aliphatic carbocycles. The maximum absolute atomic E-state index is 12.2. The summed E-state index contributed by atoms with van der Waals surface area (Å²) >= 11 is 0. The summed E-state index contributed by atoms with van der Waals surface area (Å²) < 4.78 is 11.6. The Morgan fingerprint density at radius 2 is 1.78 bits per heavy atom. The van der Waals surface area contributed by atoms with Crippen LogP contribution in [0.3, 0.4) is 0 Å². The standard InChI is InChI=1S/C18H36N4O4Si/c1-16(2,3)26-15(23)22-11-9-18(24,10-12-22)14(20-21-19)13-25-27(7,8)17(4,5)6/h14,24H,9-13H2,1-8H3. The van der Waals surface area contributed by atoms with Gasteiger partial charge in [-0.2, -0.15) is 0 Å². The van der Waals surface area contributed by atoms with Gasteiger partial charge in [0.25, 0.3) is 0 Å². The lowest BCUT2D eigenvalue weighted by Crippen LogP contribution is -2.55. The molecule has 0 spiro atoms. The maximum atomic E-state index is 12.2. The van der Waals surface area contributed by atoms with Crippen LogP contribution in [-0.4, -0.2) is 61.4 Å². The van der Waals surface area contributed by atoms with Crippen molar-refractivity contribution in [2.24, 2.45) is 5.11 Å². The van der Waals surface area contributed by atoms with Crippen molar-refractivity contribution in [3.8, 4) is 0 Å². The van der Waals surface area contributed by atoms with Crippen molar-refractivity contribution in [2.45, 2.75) is 89.8 Å². The van der Waals surface area contributed by atoms with Crippen molar-refractivity contribution in [1.29, 1.82) is 0 Å². The number of azide groups is 1. The zero-order valence-corrected chi connectivity index (χ0v) is 19.1. The third-order valence-electron chi connectivity index (χ3n) is 5.50. The number of likely N-dealkylation sites (tertiary alicyclic amines) is 1. The summed E-state index contributed by atoms with van der Waals surface area (Å²) in [6.45, 7) is 17.0. The van der Waals surface area contributed by atoms with Crippen molar-refractivity contribution >= 4 is 14.4 Å². The Bertz CT molecular complexity index is 569. The van der Waals surface area contributed by atoms with Gasteiger partial charge in [-0.3, -0.25) is 0 Å². The van der Waals surface area contributed by atoms with Gasteiger partial charge in [0.05, 0.1) is 11.6 Å². The van der Waals surface area contributed by atoms with Crippen LogP contribution in [0.5, 0.6) is 0 Å². The molecule has 27 heavy (non-hydrogen) atoms. The number of hydrogen-bond acceptors (Lipinski definition) is 5. The topological polar surface area (TPSA) is 108 Å². The Labute approximate surface area is 164 Å². The highest BCUT2D eigenvalue weighted by atomic mass is 28.4. The molecule has 0 aromatic heterocycles. The number of nitrogens with zero attached hydrogens (tertiary/aromatic N) is 4. The summed E-state index contributed by atoms with van der Waals surface area (Å²) in [5.74, 6) is 0. The van der Waals surface area contributed by atoms with Gasteiger partial charge in [-0.1, -0.05) is 25.9 Å². The van der Waals surface area contributed by atoms with E-state index < -0.39 is 25.6 Å². The molecule has 0 radical (unpaired) electrons. The van der Waals surface area contributed by atoms with Gasteiger partial charge in [-0.15, -0.1) is 0 Å². The summed E-state index contributed by atoms with van der Waals surface area (Å²) in [7, 11) is -2.03. The predicted molar refractivity (Wildman–Crippen MR) is 108 cm³/mol. The summed E-state index contributed by atoms with van der Waals surface area (Å²) in [6, 6.07) is -0.683. The van der Waals surface area contributed by atoms with Gasteiger partial charge in [0, 0.05) is 24.6 Å². The summed E-state index contributed by atoms with van der Waals surface area (Å²) in [4.78, 5) is 16.7. The summed E-state index contributed by atoms with van der Waals surface area (Å²) in [5, 5.41) is 14.9. The highest BCUT2D eigenvalue weighted by molar-refractivity contribution is 6.74. The number of amides is 1. The molecule has 1 heterocycles. The van der Waals surface area contributed by atoms with E-state index in [-0.39, 0.29) is 17.7 Å². The molecule has 1 saturated heterocycles. The normalized spacial score (nSPS) is 19.2. The molecule has 1 aliphatic rings. The molecule has 0 bridgehead atoms. The largest absolute Gasteiger partial charge is 0.444 e. The SMILES string of the molecule is CC(C)(C)OC(=O)N1CCC(O)(C(CO[Si](C)(C)C(C)(C)C)N=[N+]=[N-])CC1. The fraction of sp³-hybridized carbons (Fsp3) is 0.944. The van der Waals surface area contributed by atoms with E-state index in [0.29, 0.717) is 25.9 Å². The van der Waals surface area contributed by atoms with Crippen LogP contribution < -0.4 is 0 Å². The second-order valence-electron chi connectivity index (χ2n) is 9.86. The number of carbonyl (C=O) groups is 1. The Kier molecular flexibility index (Phi) is 7.38. The Morgan fingerprint density at radius 3 is 2.19 bits per heavy atom. The van der Waals surface area contributed by atoms with Gasteiger partial charge in [0.1, 0.15) is 5.60 Å². The Hall–Kier alpha value is -1.28. The van der Waals surface area contributed by atoms with E-state index in [1.54, 1.807) is 4.90 Å². The lowest BCUT2D eigenvalue weighted by atomic mass is 9.85. The summed E-state index contributed by atoms with van der Waals surface area (Å²) in [5.41, 5.74) is 7.21. The van der Waals surface area contributed by atoms with Gasteiger partial charge in [0.15, 0.2) is 8.32 Å². The maximum Gasteiger partial charge on any atom is 0.410 e. The first kappa shape index (κ1) is 23.8. The molecule has 9 heteroatoms. The van der Waals surface area contributed by atoms with E-state index in [9.17, 15) is 9.90 Å². The number of ether oxygens (including phenoxy) is 1. The first-order valence-electron chi connectivity index (χ1n) is 9.50. The van der Waals surface area contributed by atoms with Gasteiger partial charge in [-0.05, 0) is 57.3 Å². The van der Waals surface area contributed by atoms with Crippen molar-refractivity contribution in [2.75, 3.05) is 19.7 Å². The number of aliphatic hydroxyl groups is 1. The molecular formula is C18H36N4O4Si. The molecule has 0 aromatic carbocycles. The van der Waals surface area contributed by atoms with E-state index in [1.807, 2.05) is 20.8 Å². The van der Waals surface area contributed by atoms with Gasteiger partial charge < -0.3 is 19.2 Å². The zero-order valence-electron chi connectivity index (χ0n) is 18.1. The van der Waals surface area contributed by atoms with Crippen molar-refractivity contribution < 1.29 is 19.1 Å². The molecule has 0 aromatic rings. The Morgan fingerprint density at radius 1 is 1.26 bits per heavy atom. The molecule has 1 rings (SSSR count). The van der Waals surface area contributed by atoms with Crippen molar-refractivity contribution in [3.63, 3.8) is 0 Å². The van der Waals surface area contributed by atoms with Gasteiger partial charge in [0.2, 0.25) is 0 Å². The van der Waals surface area contributed by atoms with Crippen LogP contribution in [-0.2, 0) is 9.16 Å². The average Bonchev–Trinajstić information content (AvgIpc) is 2.49. The highest BCUT2D eigenvalue weighted by Crippen LogP contribution is 2.37. The minimum absolute atomic E-state index is 0.0244. The second kappa shape index (κ2) is 8.39. The molecule has 1 aliphatic heterocycles. The van der Waals surface area contributed by atoms with Crippen LogP contribution >= 0.6 is 0 Å². The minimum Gasteiger partial charge on any atom is -0.444 e. The smallest absolute Gasteiger partial charge is 0.410 e. The Balaban J connectivity index is 2.77. The second-order valence-corrected chi connectivity index (χ2v) is 14.7. The minimum atomic E-state index is -2.03. The summed E-state index contributed by atoms with van der Waals surface area (Å²) in [6.07, 6.45) is 0.246. The van der Waals surface area contributed by atoms with Crippen LogP contribution in [0.25, 0.3) is 10.4 Å². The van der Waals surface area contributed by atoms with Crippen LogP contribution in [0, 0.1) is 0 Å². The van der Waals surface area contributed by atoms with Crippen LogP contribution in [0.4, 0.5) is 4.79 Å². The predicted octanol–water partition coefficient (Wildman–Crippen LogP) is 4.45. The van der Waals surface area contributed by atoms with Crippen molar-refractivity contribution in [3.05, 3.63) is 10.4 Å². The lowest BCUT2D eigenvalue weighted by Gasteiger charge is -2.43. The molecule has 1 atom stereocenters. The lowest BCUT2D eigenvalue weighted by molar-refractivity contribution is -0.0546. The van der Waals surface area contributed by atoms with Crippen LogP contribution in [0.15, 0.2) is 5.11 Å². The number of hydrogen-bond donors (Lipinski definition) is 1. The average molecular weight is 401 g/mol. The number of rotatable bonds is 5. The van der Waals surface area contributed by atoms with E-state index in [4.69, 9.17) is 14.7 Å². The quantitative estimate of drug-likeness (QED) is 0.318. The first-order chi connectivity index (χ1) is 12.1. The zero-order chi connectivity index (χ0) is 21.1. The van der Waals surface area contributed by atoms with Gasteiger partial charge >= 0.3 is 6.09 Å². The molecule has 156 valence electrons. The van der Waals surface area contributed by atoms with Gasteiger partial charge in [-0.25, -0.2) is 4.79 Å². The molecule has 1 amide bonds. The van der Waals surface area contributed by atoms with E-state index in [2.05, 4.69) is 43.9 Å². The van der Waals surface area contributed by atoms with Crippen LogP contribution in [0.2, 0.25) is 18.1 Å². The molecule has 0 saturated carbocycles. The molecule has 1 unspecified atom stereocenters. The van der Waals surface area contributed by atoms with E-state index >= 15 is 0 Å². The third kappa shape index (κ3) is 6.67. The van der Waals surface area contributed by atoms with E-state index in [1.165, 1.54) is 0 Å². The van der Waals surface area contributed by atoms with Crippen LogP contribution in [0.1, 0.15) is 54.4 Å². The molecule has 1 fully saturated rings. The van der Waals surface area contributed by atoms with Crippen molar-refractivity contribution in [1.82, 2.24) is 4.90 Å². The van der Waals surface area contributed by atoms with E-state index in [0.717, 1.165) is 0 Å². The highest BCUT2D eigenvalue weighted by Gasteiger charge is 2.44. The first-order valence-corrected chi connectivity index (χ1v) is 12.4. The molecular weight excluding hydrogens is 364 g/mol.